The molecule has 0 radical (unpaired) electrons. The quantitative estimate of drug-likeness (QED) is 0.680. The lowest BCUT2D eigenvalue weighted by Crippen LogP contribution is -2.14. The van der Waals surface area contributed by atoms with Gasteiger partial charge in [-0.1, -0.05) is 37.3 Å². The van der Waals surface area contributed by atoms with Gasteiger partial charge >= 0.3 is 11.9 Å². The highest BCUT2D eigenvalue weighted by Crippen LogP contribution is 2.34. The van der Waals surface area contributed by atoms with Gasteiger partial charge in [-0.05, 0) is 31.4 Å². The molecule has 1 aromatic carbocycles. The molecule has 2 rings (SSSR count). The second-order valence-corrected chi connectivity index (χ2v) is 6.86. The van der Waals surface area contributed by atoms with Gasteiger partial charge in [0.25, 0.3) is 0 Å². The lowest BCUT2D eigenvalue weighted by molar-refractivity contribution is -0.116. The summed E-state index contributed by atoms with van der Waals surface area (Å²) in [5.41, 5.74) is 1.52. The van der Waals surface area contributed by atoms with Gasteiger partial charge in [0.05, 0.1) is 12.2 Å². The summed E-state index contributed by atoms with van der Waals surface area (Å²) in [6, 6.07) is 9.31. The molecule has 6 nitrogen and oxygen atoms in total. The van der Waals surface area contributed by atoms with Gasteiger partial charge in [0.15, 0.2) is 0 Å². The van der Waals surface area contributed by atoms with Crippen LogP contribution in [-0.4, -0.2) is 24.5 Å². The van der Waals surface area contributed by atoms with E-state index in [0.717, 1.165) is 16.9 Å². The van der Waals surface area contributed by atoms with Crippen molar-refractivity contribution in [2.24, 2.45) is 0 Å². The maximum Gasteiger partial charge on any atom is 0.349 e. The molecule has 0 aliphatic rings. The third kappa shape index (κ3) is 5.40. The SMILES string of the molecule is CCCC(=O)Nc1sc(C(=O)OCc2ccccc2)c(C)c1C(=O)OCC. The van der Waals surface area contributed by atoms with Crippen LogP contribution in [0.4, 0.5) is 5.00 Å². The number of ether oxygens (including phenoxy) is 2. The Morgan fingerprint density at radius 1 is 1.04 bits per heavy atom. The van der Waals surface area contributed by atoms with Crippen LogP contribution in [0.5, 0.6) is 0 Å². The molecule has 27 heavy (non-hydrogen) atoms. The summed E-state index contributed by atoms with van der Waals surface area (Å²) in [5, 5.41) is 3.03. The fourth-order valence-electron chi connectivity index (χ4n) is 2.45. The standard InChI is InChI=1S/C20H23NO5S/c1-4-9-15(22)21-18-16(19(23)25-5-2)13(3)17(27-18)20(24)26-12-14-10-7-6-8-11-14/h6-8,10-11H,4-5,9,12H2,1-3H3,(H,21,22). The molecule has 0 unspecified atom stereocenters. The highest BCUT2D eigenvalue weighted by atomic mass is 32.1. The third-order valence-corrected chi connectivity index (χ3v) is 4.94. The van der Waals surface area contributed by atoms with Crippen LogP contribution >= 0.6 is 11.3 Å². The molecule has 1 amide bonds. The average Bonchev–Trinajstić information content (AvgIpc) is 2.97. The minimum absolute atomic E-state index is 0.128. The van der Waals surface area contributed by atoms with Crippen molar-refractivity contribution >= 4 is 34.2 Å². The normalized spacial score (nSPS) is 10.3. The van der Waals surface area contributed by atoms with Crippen LogP contribution in [0.25, 0.3) is 0 Å². The predicted octanol–water partition coefficient (Wildman–Crippen LogP) is 4.33. The highest BCUT2D eigenvalue weighted by molar-refractivity contribution is 7.18. The Kier molecular flexibility index (Phi) is 7.55. The number of rotatable bonds is 8. The predicted molar refractivity (Wildman–Crippen MR) is 104 cm³/mol. The zero-order valence-corrected chi connectivity index (χ0v) is 16.5. The first kappa shape index (κ1) is 20.6. The number of hydrogen-bond acceptors (Lipinski definition) is 6. The molecule has 0 spiro atoms. The number of carbonyl (C=O) groups is 3. The largest absolute Gasteiger partial charge is 0.462 e. The minimum atomic E-state index is -0.569. The summed E-state index contributed by atoms with van der Waals surface area (Å²) < 4.78 is 10.4. The van der Waals surface area contributed by atoms with Crippen molar-refractivity contribution in [2.45, 2.75) is 40.2 Å². The maximum atomic E-state index is 12.5. The second kappa shape index (κ2) is 9.87. The number of esters is 2. The first-order valence-corrected chi connectivity index (χ1v) is 9.60. The van der Waals surface area contributed by atoms with E-state index in [9.17, 15) is 14.4 Å². The van der Waals surface area contributed by atoms with Crippen molar-refractivity contribution < 1.29 is 23.9 Å². The Bertz CT molecular complexity index is 813. The minimum Gasteiger partial charge on any atom is -0.462 e. The van der Waals surface area contributed by atoms with Crippen molar-refractivity contribution in [3.63, 3.8) is 0 Å². The van der Waals surface area contributed by atoms with E-state index >= 15 is 0 Å². The van der Waals surface area contributed by atoms with Crippen LogP contribution in [0.1, 0.15) is 57.8 Å². The van der Waals surface area contributed by atoms with Gasteiger partial charge in [0, 0.05) is 6.42 Å². The van der Waals surface area contributed by atoms with Crippen LogP contribution in [0, 0.1) is 6.92 Å². The number of anilines is 1. The summed E-state index contributed by atoms with van der Waals surface area (Å²) in [6.07, 6.45) is 1.00. The van der Waals surface area contributed by atoms with E-state index in [4.69, 9.17) is 9.47 Å². The fraction of sp³-hybridized carbons (Fsp3) is 0.350. The molecule has 0 bridgehead atoms. The van der Waals surface area contributed by atoms with Gasteiger partial charge in [-0.15, -0.1) is 11.3 Å². The van der Waals surface area contributed by atoms with Crippen molar-refractivity contribution in [1.29, 1.82) is 0 Å². The van der Waals surface area contributed by atoms with Gasteiger partial charge in [0.1, 0.15) is 16.5 Å². The van der Waals surface area contributed by atoms with Crippen molar-refractivity contribution in [3.8, 4) is 0 Å². The number of thiophene rings is 1. The van der Waals surface area contributed by atoms with E-state index in [1.165, 1.54) is 0 Å². The molecule has 0 fully saturated rings. The molecular weight excluding hydrogens is 366 g/mol. The summed E-state index contributed by atoms with van der Waals surface area (Å²) >= 11 is 1.03. The molecule has 144 valence electrons. The van der Waals surface area contributed by atoms with E-state index in [0.29, 0.717) is 23.4 Å². The van der Waals surface area contributed by atoms with E-state index < -0.39 is 11.9 Å². The molecule has 0 aliphatic carbocycles. The molecule has 7 heteroatoms. The Morgan fingerprint density at radius 2 is 1.74 bits per heavy atom. The molecule has 0 saturated heterocycles. The van der Waals surface area contributed by atoms with Gasteiger partial charge < -0.3 is 14.8 Å². The molecule has 0 aliphatic heterocycles. The Hall–Kier alpha value is -2.67. The number of carbonyl (C=O) groups excluding carboxylic acids is 3. The molecule has 1 aromatic heterocycles. The lowest BCUT2D eigenvalue weighted by atomic mass is 10.1. The van der Waals surface area contributed by atoms with Crippen LogP contribution in [0.15, 0.2) is 30.3 Å². The van der Waals surface area contributed by atoms with Gasteiger partial charge in [0.2, 0.25) is 5.91 Å². The highest BCUT2D eigenvalue weighted by Gasteiger charge is 2.27. The molecule has 0 saturated carbocycles. The monoisotopic (exact) mass is 389 g/mol. The smallest absolute Gasteiger partial charge is 0.349 e. The fourth-order valence-corrected chi connectivity index (χ4v) is 3.56. The number of nitrogens with one attached hydrogen (secondary N) is 1. The second-order valence-electron chi connectivity index (χ2n) is 5.84. The molecule has 2 aromatic rings. The Labute approximate surface area is 162 Å². The van der Waals surface area contributed by atoms with Crippen LogP contribution < -0.4 is 5.32 Å². The average molecular weight is 389 g/mol. The summed E-state index contributed by atoms with van der Waals surface area (Å²) in [5.74, 6) is -1.32. The topological polar surface area (TPSA) is 81.7 Å². The van der Waals surface area contributed by atoms with Crippen LogP contribution in [-0.2, 0) is 20.9 Å². The molecule has 0 atom stereocenters. The van der Waals surface area contributed by atoms with Crippen molar-refractivity contribution in [1.82, 2.24) is 0 Å². The summed E-state index contributed by atoms with van der Waals surface area (Å²) in [6.45, 7) is 5.56. The molecule has 1 heterocycles. The van der Waals surface area contributed by atoms with Gasteiger partial charge in [-0.25, -0.2) is 9.59 Å². The number of hydrogen-bond donors (Lipinski definition) is 1. The number of benzene rings is 1. The van der Waals surface area contributed by atoms with E-state index in [1.807, 2.05) is 37.3 Å². The van der Waals surface area contributed by atoms with E-state index in [2.05, 4.69) is 5.32 Å². The molecule has 1 N–H and O–H groups in total. The molecular formula is C20H23NO5S. The van der Waals surface area contributed by atoms with Crippen molar-refractivity contribution in [2.75, 3.05) is 11.9 Å². The maximum absolute atomic E-state index is 12.5. The Morgan fingerprint density at radius 3 is 2.37 bits per heavy atom. The number of amides is 1. The first-order chi connectivity index (χ1) is 13.0. The van der Waals surface area contributed by atoms with Crippen molar-refractivity contribution in [3.05, 3.63) is 51.9 Å². The van der Waals surface area contributed by atoms with E-state index in [1.54, 1.807) is 13.8 Å². The summed E-state index contributed by atoms with van der Waals surface area (Å²) in [4.78, 5) is 37.1. The van der Waals surface area contributed by atoms with Gasteiger partial charge in [-0.2, -0.15) is 0 Å². The van der Waals surface area contributed by atoms with Crippen LogP contribution in [0.3, 0.4) is 0 Å². The third-order valence-electron chi connectivity index (χ3n) is 3.75. The Balaban J connectivity index is 2.25. The summed E-state index contributed by atoms with van der Waals surface area (Å²) in [7, 11) is 0. The lowest BCUT2D eigenvalue weighted by Gasteiger charge is -2.06. The van der Waals surface area contributed by atoms with Crippen LogP contribution in [0.2, 0.25) is 0 Å². The zero-order chi connectivity index (χ0) is 19.8. The first-order valence-electron chi connectivity index (χ1n) is 8.79. The van der Waals surface area contributed by atoms with Gasteiger partial charge in [-0.3, -0.25) is 4.79 Å². The van der Waals surface area contributed by atoms with E-state index in [-0.39, 0.29) is 29.6 Å². The zero-order valence-electron chi connectivity index (χ0n) is 15.7.